The fraction of sp³-hybridized carbons (Fsp3) is 0.0714. The lowest BCUT2D eigenvalue weighted by atomic mass is 10.00. The van der Waals surface area contributed by atoms with Crippen LogP contribution in [0.3, 0.4) is 0 Å². The van der Waals surface area contributed by atoms with Gasteiger partial charge >= 0.3 is 0 Å². The first-order chi connectivity index (χ1) is 10.1. The molecule has 0 radical (unpaired) electrons. The third kappa shape index (κ3) is 2.69. The lowest BCUT2D eigenvalue weighted by Crippen LogP contribution is -2.29. The average molecular weight is 387 g/mol. The van der Waals surface area contributed by atoms with E-state index in [-0.39, 0.29) is 5.02 Å². The van der Waals surface area contributed by atoms with Gasteiger partial charge in [-0.15, -0.1) is 11.3 Å². The number of hydrazine groups is 1. The Bertz CT molecular complexity index is 808. The van der Waals surface area contributed by atoms with E-state index >= 15 is 0 Å². The Kier molecular flexibility index (Phi) is 4.24. The van der Waals surface area contributed by atoms with Gasteiger partial charge in [-0.3, -0.25) is 10.8 Å². The fourth-order valence-electron chi connectivity index (χ4n) is 2.15. The zero-order valence-corrected chi connectivity index (χ0v) is 13.8. The van der Waals surface area contributed by atoms with Crippen LogP contribution in [0.1, 0.15) is 17.2 Å². The summed E-state index contributed by atoms with van der Waals surface area (Å²) in [5, 5.41) is 2.00. The number of nitrogens with one attached hydrogen (secondary N) is 1. The van der Waals surface area contributed by atoms with Crippen molar-refractivity contribution in [2.24, 2.45) is 5.84 Å². The zero-order valence-electron chi connectivity index (χ0n) is 10.6. The van der Waals surface area contributed by atoms with Crippen molar-refractivity contribution < 1.29 is 4.39 Å². The molecule has 0 aliphatic carbocycles. The maximum atomic E-state index is 14.4. The van der Waals surface area contributed by atoms with Crippen LogP contribution in [0.15, 0.2) is 40.3 Å². The van der Waals surface area contributed by atoms with Crippen molar-refractivity contribution in [1.82, 2.24) is 10.4 Å². The minimum Gasteiger partial charge on any atom is -0.271 e. The molecule has 0 saturated heterocycles. The Hall–Kier alpha value is -1.05. The van der Waals surface area contributed by atoms with E-state index in [1.807, 2.05) is 17.5 Å². The summed E-state index contributed by atoms with van der Waals surface area (Å²) in [6, 6.07) is 6.71. The van der Waals surface area contributed by atoms with Crippen LogP contribution in [-0.2, 0) is 0 Å². The molecule has 0 spiro atoms. The second-order valence-corrected chi connectivity index (χ2v) is 6.62. The van der Waals surface area contributed by atoms with Crippen molar-refractivity contribution in [3.05, 3.63) is 62.3 Å². The molecule has 108 valence electrons. The molecule has 0 amide bonds. The number of halogens is 3. The molecule has 1 aromatic carbocycles. The summed E-state index contributed by atoms with van der Waals surface area (Å²) in [6.45, 7) is 0. The Morgan fingerprint density at radius 2 is 2.19 bits per heavy atom. The molecule has 2 heterocycles. The Morgan fingerprint density at radius 3 is 2.95 bits per heavy atom. The first-order valence-corrected chi connectivity index (χ1v) is 8.09. The molecular weight excluding hydrogens is 377 g/mol. The minimum absolute atomic E-state index is 0.0397. The predicted octanol–water partition coefficient (Wildman–Crippen LogP) is 4.40. The van der Waals surface area contributed by atoms with E-state index in [4.69, 9.17) is 17.4 Å². The van der Waals surface area contributed by atoms with Crippen LogP contribution in [-0.4, -0.2) is 4.98 Å². The molecule has 1 unspecified atom stereocenters. The van der Waals surface area contributed by atoms with Gasteiger partial charge in [0.2, 0.25) is 0 Å². The summed E-state index contributed by atoms with van der Waals surface area (Å²) in [7, 11) is 0. The van der Waals surface area contributed by atoms with Gasteiger partial charge in [0, 0.05) is 16.2 Å². The van der Waals surface area contributed by atoms with E-state index in [0.29, 0.717) is 10.0 Å². The SMILES string of the molecule is NNC(c1cnc2ccsc2c1)c1ccc(Br)c(Cl)c1F. The Balaban J connectivity index is 2.11. The molecule has 0 fully saturated rings. The number of benzene rings is 1. The number of hydrogen-bond donors (Lipinski definition) is 2. The number of pyridine rings is 1. The van der Waals surface area contributed by atoms with E-state index in [2.05, 4.69) is 26.3 Å². The molecule has 3 aromatic rings. The van der Waals surface area contributed by atoms with Crippen molar-refractivity contribution in [1.29, 1.82) is 0 Å². The van der Waals surface area contributed by atoms with Crippen molar-refractivity contribution in [3.8, 4) is 0 Å². The van der Waals surface area contributed by atoms with Gasteiger partial charge in [-0.2, -0.15) is 0 Å². The number of nitrogens with zero attached hydrogens (tertiary/aromatic N) is 1. The Morgan fingerprint density at radius 1 is 1.38 bits per heavy atom. The smallest absolute Gasteiger partial charge is 0.148 e. The molecule has 3 rings (SSSR count). The highest BCUT2D eigenvalue weighted by Crippen LogP contribution is 2.33. The number of hydrogen-bond acceptors (Lipinski definition) is 4. The molecule has 0 aliphatic heterocycles. The lowest BCUT2D eigenvalue weighted by molar-refractivity contribution is 0.559. The predicted molar refractivity (Wildman–Crippen MR) is 87.9 cm³/mol. The van der Waals surface area contributed by atoms with Gasteiger partial charge in [0.05, 0.1) is 21.3 Å². The molecule has 0 aliphatic rings. The van der Waals surface area contributed by atoms with Gasteiger partial charge in [0.1, 0.15) is 5.82 Å². The van der Waals surface area contributed by atoms with Crippen LogP contribution in [0.2, 0.25) is 5.02 Å². The number of thiophene rings is 1. The van der Waals surface area contributed by atoms with Gasteiger partial charge in [0.15, 0.2) is 0 Å². The summed E-state index contributed by atoms with van der Waals surface area (Å²) >= 11 is 10.7. The highest BCUT2D eigenvalue weighted by atomic mass is 79.9. The largest absolute Gasteiger partial charge is 0.271 e. The van der Waals surface area contributed by atoms with E-state index in [9.17, 15) is 4.39 Å². The second-order valence-electron chi connectivity index (χ2n) is 4.44. The van der Waals surface area contributed by atoms with Gasteiger partial charge in [-0.1, -0.05) is 17.7 Å². The van der Waals surface area contributed by atoms with E-state index in [1.165, 1.54) is 0 Å². The normalized spacial score (nSPS) is 12.8. The van der Waals surface area contributed by atoms with Crippen molar-refractivity contribution >= 4 is 49.1 Å². The molecule has 0 saturated carbocycles. The van der Waals surface area contributed by atoms with Gasteiger partial charge in [0.25, 0.3) is 0 Å². The van der Waals surface area contributed by atoms with E-state index < -0.39 is 11.9 Å². The highest BCUT2D eigenvalue weighted by Gasteiger charge is 2.20. The second kappa shape index (κ2) is 5.98. The Labute approximate surface area is 138 Å². The number of rotatable bonds is 3. The first-order valence-electron chi connectivity index (χ1n) is 6.04. The maximum Gasteiger partial charge on any atom is 0.148 e. The molecule has 3 nitrogen and oxygen atoms in total. The molecule has 2 aromatic heterocycles. The minimum atomic E-state index is -0.519. The standard InChI is InChI=1S/C14H10BrClFN3S/c15-9-2-1-8(13(17)12(9)16)14(20-18)7-5-11-10(19-6-7)3-4-21-11/h1-6,14,20H,18H2. The average Bonchev–Trinajstić information content (AvgIpc) is 2.95. The topological polar surface area (TPSA) is 50.9 Å². The first kappa shape index (κ1) is 14.9. The van der Waals surface area contributed by atoms with Crippen LogP contribution in [0.4, 0.5) is 4.39 Å². The summed E-state index contributed by atoms with van der Waals surface area (Å²) in [5.74, 6) is 5.12. The summed E-state index contributed by atoms with van der Waals surface area (Å²) in [4.78, 5) is 4.36. The van der Waals surface area contributed by atoms with Crippen molar-refractivity contribution in [3.63, 3.8) is 0 Å². The van der Waals surface area contributed by atoms with Crippen molar-refractivity contribution in [2.75, 3.05) is 0 Å². The quantitative estimate of drug-likeness (QED) is 0.398. The van der Waals surface area contributed by atoms with Crippen LogP contribution in [0.5, 0.6) is 0 Å². The van der Waals surface area contributed by atoms with Gasteiger partial charge in [-0.05, 0) is 45.1 Å². The highest BCUT2D eigenvalue weighted by molar-refractivity contribution is 9.10. The molecule has 3 N–H and O–H groups in total. The molecule has 7 heteroatoms. The van der Waals surface area contributed by atoms with E-state index in [0.717, 1.165) is 15.8 Å². The molecule has 21 heavy (non-hydrogen) atoms. The van der Waals surface area contributed by atoms with Crippen LogP contribution >= 0.6 is 38.9 Å². The fourth-order valence-corrected chi connectivity index (χ4v) is 3.42. The summed E-state index contributed by atoms with van der Waals surface area (Å²) in [5.41, 5.74) is 4.70. The van der Waals surface area contributed by atoms with E-state index in [1.54, 1.807) is 29.7 Å². The van der Waals surface area contributed by atoms with Gasteiger partial charge in [-0.25, -0.2) is 9.82 Å². The van der Waals surface area contributed by atoms with Crippen molar-refractivity contribution in [2.45, 2.75) is 6.04 Å². The maximum absolute atomic E-state index is 14.4. The zero-order chi connectivity index (χ0) is 15.0. The third-order valence-electron chi connectivity index (χ3n) is 3.20. The summed E-state index contributed by atoms with van der Waals surface area (Å²) in [6.07, 6.45) is 1.69. The molecular formula is C14H10BrClFN3S. The van der Waals surface area contributed by atoms with Crippen LogP contribution in [0.25, 0.3) is 10.2 Å². The number of fused-ring (bicyclic) bond motifs is 1. The van der Waals surface area contributed by atoms with Gasteiger partial charge < -0.3 is 0 Å². The molecule has 1 atom stereocenters. The number of aromatic nitrogens is 1. The lowest BCUT2D eigenvalue weighted by Gasteiger charge is -2.18. The number of nitrogens with two attached hydrogens (primary N) is 1. The van der Waals surface area contributed by atoms with Crippen LogP contribution in [0, 0.1) is 5.82 Å². The summed E-state index contributed by atoms with van der Waals surface area (Å²) < 4.78 is 15.9. The molecule has 0 bridgehead atoms. The third-order valence-corrected chi connectivity index (χ3v) is 5.31. The monoisotopic (exact) mass is 385 g/mol. The van der Waals surface area contributed by atoms with Crippen LogP contribution < -0.4 is 11.3 Å².